The van der Waals surface area contributed by atoms with Crippen molar-refractivity contribution in [3.63, 3.8) is 0 Å². The van der Waals surface area contributed by atoms with Gasteiger partial charge >= 0.3 is 0 Å². The van der Waals surface area contributed by atoms with E-state index in [1.807, 2.05) is 41.0 Å². The fraction of sp³-hybridized carbons (Fsp3) is 0.222. The van der Waals surface area contributed by atoms with Crippen LogP contribution in [0.15, 0.2) is 53.7 Å². The van der Waals surface area contributed by atoms with E-state index in [0.717, 1.165) is 11.4 Å². The lowest BCUT2D eigenvalue weighted by atomic mass is 10.2. The minimum atomic E-state index is 0.152. The average Bonchev–Trinajstić information content (AvgIpc) is 3.05. The molecule has 6 nitrogen and oxygen atoms in total. The van der Waals surface area contributed by atoms with E-state index in [1.165, 1.54) is 11.8 Å². The number of phenolic OH excluding ortho intramolecular Hbond substituents is 1. The predicted molar refractivity (Wildman–Crippen MR) is 97.6 cm³/mol. The average molecular weight is 357 g/mol. The number of rotatable bonds is 7. The van der Waals surface area contributed by atoms with Crippen LogP contribution in [0.25, 0.3) is 17.1 Å². The lowest BCUT2D eigenvalue weighted by Gasteiger charge is -2.14. The molecular formula is C18H19N3O3S. The first-order valence-electron chi connectivity index (χ1n) is 7.75. The molecule has 2 aromatic carbocycles. The van der Waals surface area contributed by atoms with Crippen molar-refractivity contribution < 1.29 is 14.6 Å². The molecule has 1 N–H and O–H groups in total. The summed E-state index contributed by atoms with van der Waals surface area (Å²) in [7, 11) is 3.29. The lowest BCUT2D eigenvalue weighted by Crippen LogP contribution is -2.03. The standard InChI is InChI=1S/C18H19N3O3S/c1-23-11-12-25-18-20-19-17(13-7-3-5-9-15(13)22)21(18)14-8-4-6-10-16(14)24-2/h3-10,22H,11-12H2,1-2H3. The summed E-state index contributed by atoms with van der Waals surface area (Å²) < 4.78 is 12.5. The molecule has 0 fully saturated rings. The van der Waals surface area contributed by atoms with Gasteiger partial charge in [0.2, 0.25) is 0 Å². The number of ether oxygens (including phenoxy) is 2. The molecule has 0 aliphatic carbocycles. The quantitative estimate of drug-likeness (QED) is 0.516. The second-order valence-corrected chi connectivity index (χ2v) is 6.23. The molecular weight excluding hydrogens is 338 g/mol. The summed E-state index contributed by atoms with van der Waals surface area (Å²) in [5.74, 6) is 2.15. The molecule has 0 atom stereocenters. The monoisotopic (exact) mass is 357 g/mol. The SMILES string of the molecule is COCCSc1nnc(-c2ccccc2O)n1-c1ccccc1OC. The molecule has 0 aliphatic rings. The number of methoxy groups -OCH3 is 2. The predicted octanol–water partition coefficient (Wildman–Crippen LogP) is 3.39. The maximum absolute atomic E-state index is 10.2. The van der Waals surface area contributed by atoms with Crippen LogP contribution in [0, 0.1) is 0 Å². The molecule has 130 valence electrons. The van der Waals surface area contributed by atoms with Crippen LogP contribution in [0.3, 0.4) is 0 Å². The molecule has 0 aliphatic heterocycles. The van der Waals surface area contributed by atoms with Crippen LogP contribution in [0.2, 0.25) is 0 Å². The highest BCUT2D eigenvalue weighted by Crippen LogP contribution is 2.35. The maximum Gasteiger partial charge on any atom is 0.196 e. The van der Waals surface area contributed by atoms with Gasteiger partial charge in [-0.05, 0) is 24.3 Å². The van der Waals surface area contributed by atoms with E-state index in [4.69, 9.17) is 9.47 Å². The highest BCUT2D eigenvalue weighted by Gasteiger charge is 2.20. The lowest BCUT2D eigenvalue weighted by molar-refractivity contribution is 0.218. The van der Waals surface area contributed by atoms with Gasteiger partial charge in [0.25, 0.3) is 0 Å². The Labute approximate surface area is 150 Å². The van der Waals surface area contributed by atoms with E-state index >= 15 is 0 Å². The van der Waals surface area contributed by atoms with E-state index in [-0.39, 0.29) is 5.75 Å². The Bertz CT molecular complexity index is 851. The Morgan fingerprint density at radius 2 is 1.80 bits per heavy atom. The topological polar surface area (TPSA) is 69.4 Å². The molecule has 0 unspecified atom stereocenters. The van der Waals surface area contributed by atoms with Crippen molar-refractivity contribution in [2.75, 3.05) is 26.6 Å². The van der Waals surface area contributed by atoms with Gasteiger partial charge in [-0.15, -0.1) is 10.2 Å². The number of thioether (sulfide) groups is 1. The van der Waals surface area contributed by atoms with Crippen molar-refractivity contribution >= 4 is 11.8 Å². The molecule has 3 rings (SSSR count). The fourth-order valence-electron chi connectivity index (χ4n) is 2.45. The summed E-state index contributed by atoms with van der Waals surface area (Å²) in [6.07, 6.45) is 0. The molecule has 0 amide bonds. The van der Waals surface area contributed by atoms with Crippen LogP contribution in [0.4, 0.5) is 0 Å². The summed E-state index contributed by atoms with van der Waals surface area (Å²) in [6, 6.07) is 14.7. The fourth-order valence-corrected chi connectivity index (χ4v) is 3.29. The van der Waals surface area contributed by atoms with Gasteiger partial charge in [-0.1, -0.05) is 36.0 Å². The van der Waals surface area contributed by atoms with E-state index < -0.39 is 0 Å². The molecule has 1 heterocycles. The third-order valence-electron chi connectivity index (χ3n) is 3.62. The molecule has 0 bridgehead atoms. The van der Waals surface area contributed by atoms with Crippen molar-refractivity contribution in [3.8, 4) is 28.6 Å². The number of aromatic nitrogens is 3. The molecule has 3 aromatic rings. The first kappa shape index (κ1) is 17.3. The van der Waals surface area contributed by atoms with Gasteiger partial charge in [0, 0.05) is 12.9 Å². The van der Waals surface area contributed by atoms with E-state index in [0.29, 0.717) is 28.9 Å². The van der Waals surface area contributed by atoms with Crippen molar-refractivity contribution in [3.05, 3.63) is 48.5 Å². The second-order valence-electron chi connectivity index (χ2n) is 5.17. The first-order valence-corrected chi connectivity index (χ1v) is 8.73. The van der Waals surface area contributed by atoms with Gasteiger partial charge in [0.1, 0.15) is 11.5 Å². The summed E-state index contributed by atoms with van der Waals surface area (Å²) in [4.78, 5) is 0. The van der Waals surface area contributed by atoms with E-state index in [2.05, 4.69) is 10.2 Å². The van der Waals surface area contributed by atoms with Crippen molar-refractivity contribution in [1.82, 2.24) is 14.8 Å². The van der Waals surface area contributed by atoms with Crippen LogP contribution in [0.1, 0.15) is 0 Å². The number of phenols is 1. The minimum absolute atomic E-state index is 0.152. The number of hydrogen-bond acceptors (Lipinski definition) is 6. The van der Waals surface area contributed by atoms with Gasteiger partial charge in [-0.3, -0.25) is 4.57 Å². The Balaban J connectivity index is 2.15. The third kappa shape index (κ3) is 3.62. The zero-order valence-electron chi connectivity index (χ0n) is 14.0. The Morgan fingerprint density at radius 1 is 1.04 bits per heavy atom. The molecule has 0 radical (unpaired) electrons. The van der Waals surface area contributed by atoms with Crippen molar-refractivity contribution in [2.45, 2.75) is 5.16 Å². The zero-order valence-corrected chi connectivity index (χ0v) is 14.9. The number of aromatic hydroxyl groups is 1. The molecule has 7 heteroatoms. The maximum atomic E-state index is 10.2. The number of para-hydroxylation sites is 3. The minimum Gasteiger partial charge on any atom is -0.507 e. The van der Waals surface area contributed by atoms with Gasteiger partial charge in [0.05, 0.1) is 25.0 Å². The zero-order chi connectivity index (χ0) is 17.6. The van der Waals surface area contributed by atoms with Crippen LogP contribution in [0.5, 0.6) is 11.5 Å². The van der Waals surface area contributed by atoms with Crippen LogP contribution >= 0.6 is 11.8 Å². The van der Waals surface area contributed by atoms with Gasteiger partial charge in [0.15, 0.2) is 11.0 Å². The molecule has 1 aromatic heterocycles. The molecule has 0 saturated carbocycles. The summed E-state index contributed by atoms with van der Waals surface area (Å²) in [5.41, 5.74) is 1.42. The normalized spacial score (nSPS) is 10.8. The summed E-state index contributed by atoms with van der Waals surface area (Å²) in [5, 5.41) is 19.6. The van der Waals surface area contributed by atoms with Gasteiger partial charge in [-0.2, -0.15) is 0 Å². The molecule has 0 saturated heterocycles. The Hall–Kier alpha value is -2.51. The number of hydrogen-bond donors (Lipinski definition) is 1. The summed E-state index contributed by atoms with van der Waals surface area (Å²) >= 11 is 1.53. The molecule has 0 spiro atoms. The van der Waals surface area contributed by atoms with Crippen LogP contribution in [-0.2, 0) is 4.74 Å². The third-order valence-corrected chi connectivity index (χ3v) is 4.52. The van der Waals surface area contributed by atoms with E-state index in [1.54, 1.807) is 26.4 Å². The van der Waals surface area contributed by atoms with E-state index in [9.17, 15) is 5.11 Å². The van der Waals surface area contributed by atoms with Crippen molar-refractivity contribution in [2.24, 2.45) is 0 Å². The van der Waals surface area contributed by atoms with Crippen LogP contribution < -0.4 is 4.74 Å². The summed E-state index contributed by atoms with van der Waals surface area (Å²) in [6.45, 7) is 0.607. The Morgan fingerprint density at radius 3 is 2.56 bits per heavy atom. The number of nitrogens with zero attached hydrogens (tertiary/aromatic N) is 3. The van der Waals surface area contributed by atoms with Crippen molar-refractivity contribution in [1.29, 1.82) is 0 Å². The Kier molecular flexibility index (Phi) is 5.57. The highest BCUT2D eigenvalue weighted by atomic mass is 32.2. The van der Waals surface area contributed by atoms with Gasteiger partial charge < -0.3 is 14.6 Å². The highest BCUT2D eigenvalue weighted by molar-refractivity contribution is 7.99. The van der Waals surface area contributed by atoms with Gasteiger partial charge in [-0.25, -0.2) is 0 Å². The largest absolute Gasteiger partial charge is 0.507 e. The molecule has 25 heavy (non-hydrogen) atoms. The van der Waals surface area contributed by atoms with Crippen LogP contribution in [-0.4, -0.2) is 46.5 Å². The number of benzene rings is 2. The second kappa shape index (κ2) is 8.04. The first-order chi connectivity index (χ1) is 12.3. The smallest absolute Gasteiger partial charge is 0.196 e.